The molecule has 2 N–H and O–H groups in total. The number of fused-ring (bicyclic) bond motifs is 1. The number of H-pyrrole nitrogens is 1. The molecule has 1 amide bonds. The average Bonchev–Trinajstić information content (AvgIpc) is 3.07. The monoisotopic (exact) mass is 357 g/mol. The maximum Gasteiger partial charge on any atom is 0.338 e. The zero-order chi connectivity index (χ0) is 17.8. The van der Waals surface area contributed by atoms with Crippen molar-refractivity contribution in [3.63, 3.8) is 0 Å². The second-order valence-electron chi connectivity index (χ2n) is 5.44. The summed E-state index contributed by atoms with van der Waals surface area (Å²) >= 11 is 5.90. The van der Waals surface area contributed by atoms with Crippen molar-refractivity contribution in [3.05, 3.63) is 59.4 Å². The normalized spacial score (nSPS) is 11.9. The van der Waals surface area contributed by atoms with Gasteiger partial charge in [0.05, 0.1) is 22.9 Å². The molecule has 0 bridgehead atoms. The van der Waals surface area contributed by atoms with E-state index in [0.29, 0.717) is 22.7 Å². The molecule has 3 rings (SSSR count). The molecule has 2 aromatic carbocycles. The van der Waals surface area contributed by atoms with Gasteiger partial charge in [0.25, 0.3) is 5.91 Å². The van der Waals surface area contributed by atoms with E-state index in [-0.39, 0.29) is 0 Å². The molecule has 25 heavy (non-hydrogen) atoms. The van der Waals surface area contributed by atoms with E-state index in [1.54, 1.807) is 55.7 Å². The highest BCUT2D eigenvalue weighted by Gasteiger charge is 2.22. The van der Waals surface area contributed by atoms with E-state index in [1.165, 1.54) is 0 Å². The molecule has 1 atom stereocenters. The smallest absolute Gasteiger partial charge is 0.338 e. The van der Waals surface area contributed by atoms with E-state index in [0.717, 1.165) is 11.0 Å². The van der Waals surface area contributed by atoms with Crippen LogP contribution in [0.2, 0.25) is 5.02 Å². The van der Waals surface area contributed by atoms with Crippen LogP contribution in [-0.2, 0) is 9.53 Å². The van der Waals surface area contributed by atoms with Crippen molar-refractivity contribution in [3.8, 4) is 0 Å². The van der Waals surface area contributed by atoms with Gasteiger partial charge in [-0.05, 0) is 42.8 Å². The molecule has 0 aliphatic carbocycles. The third-order valence-corrected chi connectivity index (χ3v) is 3.90. The number of hydrogen-bond donors (Lipinski definition) is 2. The van der Waals surface area contributed by atoms with E-state index in [9.17, 15) is 9.59 Å². The number of imidazole rings is 1. The molecule has 0 aliphatic rings. The quantitative estimate of drug-likeness (QED) is 0.680. The Morgan fingerprint density at radius 3 is 2.88 bits per heavy atom. The minimum Gasteiger partial charge on any atom is -0.449 e. The molecule has 0 fully saturated rings. The van der Waals surface area contributed by atoms with Gasteiger partial charge in [-0.2, -0.15) is 0 Å². The van der Waals surface area contributed by atoms with Crippen LogP contribution in [0.25, 0.3) is 11.0 Å². The minimum atomic E-state index is -0.899. The van der Waals surface area contributed by atoms with E-state index in [1.807, 2.05) is 0 Å². The number of halogens is 1. The lowest BCUT2D eigenvalue weighted by Gasteiger charge is -2.16. The Bertz CT molecular complexity index is 923. The van der Waals surface area contributed by atoms with Crippen molar-refractivity contribution in [2.24, 2.45) is 0 Å². The SMILES string of the molecule is CCC(OC(=O)c1ccc2nc[nH]c2c1)C(=O)Nc1cccc(Cl)c1. The second-order valence-corrected chi connectivity index (χ2v) is 5.87. The first-order chi connectivity index (χ1) is 12.1. The highest BCUT2D eigenvalue weighted by molar-refractivity contribution is 6.30. The van der Waals surface area contributed by atoms with E-state index < -0.39 is 18.0 Å². The summed E-state index contributed by atoms with van der Waals surface area (Å²) in [6.45, 7) is 1.77. The van der Waals surface area contributed by atoms with Gasteiger partial charge < -0.3 is 15.0 Å². The average molecular weight is 358 g/mol. The number of carbonyl (C=O) groups excluding carboxylic acids is 2. The van der Waals surface area contributed by atoms with Gasteiger partial charge in [0.1, 0.15) is 0 Å². The molecule has 1 heterocycles. The highest BCUT2D eigenvalue weighted by atomic mass is 35.5. The van der Waals surface area contributed by atoms with Crippen LogP contribution in [0.3, 0.4) is 0 Å². The third kappa shape index (κ3) is 3.97. The van der Waals surface area contributed by atoms with Gasteiger partial charge in [-0.1, -0.05) is 24.6 Å². The number of aromatic amines is 1. The van der Waals surface area contributed by atoms with Crippen LogP contribution in [-0.4, -0.2) is 27.9 Å². The fourth-order valence-electron chi connectivity index (χ4n) is 2.37. The topological polar surface area (TPSA) is 84.1 Å². The summed E-state index contributed by atoms with van der Waals surface area (Å²) in [6.07, 6.45) is 1.00. The number of hydrogen-bond acceptors (Lipinski definition) is 4. The van der Waals surface area contributed by atoms with Crippen LogP contribution >= 0.6 is 11.6 Å². The summed E-state index contributed by atoms with van der Waals surface area (Å²) in [5.74, 6) is -0.967. The van der Waals surface area contributed by atoms with Gasteiger partial charge in [0.2, 0.25) is 0 Å². The Morgan fingerprint density at radius 2 is 2.12 bits per heavy atom. The summed E-state index contributed by atoms with van der Waals surface area (Å²) in [4.78, 5) is 31.7. The van der Waals surface area contributed by atoms with Crippen LogP contribution in [0.5, 0.6) is 0 Å². The van der Waals surface area contributed by atoms with Gasteiger partial charge in [0.15, 0.2) is 6.10 Å². The number of anilines is 1. The van der Waals surface area contributed by atoms with Crippen molar-refractivity contribution in [2.45, 2.75) is 19.4 Å². The molecule has 0 radical (unpaired) electrons. The summed E-state index contributed by atoms with van der Waals surface area (Å²) < 4.78 is 5.36. The molecule has 0 spiro atoms. The Balaban J connectivity index is 1.69. The molecule has 1 aromatic heterocycles. The van der Waals surface area contributed by atoms with Crippen LogP contribution in [0.4, 0.5) is 5.69 Å². The largest absolute Gasteiger partial charge is 0.449 e. The molecule has 128 valence electrons. The summed E-state index contributed by atoms with van der Waals surface area (Å²) in [5.41, 5.74) is 2.38. The number of nitrogens with zero attached hydrogens (tertiary/aromatic N) is 1. The number of aromatic nitrogens is 2. The molecule has 0 saturated heterocycles. The van der Waals surface area contributed by atoms with E-state index in [2.05, 4.69) is 15.3 Å². The van der Waals surface area contributed by atoms with Crippen molar-refractivity contribution >= 4 is 40.2 Å². The third-order valence-electron chi connectivity index (χ3n) is 3.66. The fourth-order valence-corrected chi connectivity index (χ4v) is 2.56. The summed E-state index contributed by atoms with van der Waals surface area (Å²) in [5, 5.41) is 3.21. The number of benzene rings is 2. The Labute approximate surface area is 149 Å². The molecular formula is C18H16ClN3O3. The lowest BCUT2D eigenvalue weighted by molar-refractivity contribution is -0.124. The van der Waals surface area contributed by atoms with Crippen LogP contribution in [0, 0.1) is 0 Å². The molecule has 7 heteroatoms. The first-order valence-corrected chi connectivity index (χ1v) is 8.15. The van der Waals surface area contributed by atoms with Crippen molar-refractivity contribution in [2.75, 3.05) is 5.32 Å². The number of esters is 1. The molecular weight excluding hydrogens is 342 g/mol. The second kappa shape index (κ2) is 7.36. The maximum atomic E-state index is 12.3. The minimum absolute atomic E-state index is 0.352. The van der Waals surface area contributed by atoms with Gasteiger partial charge in [-0.3, -0.25) is 4.79 Å². The number of nitrogens with one attached hydrogen (secondary N) is 2. The van der Waals surface area contributed by atoms with Gasteiger partial charge in [0, 0.05) is 10.7 Å². The first kappa shape index (κ1) is 17.0. The molecule has 1 unspecified atom stereocenters. The molecule has 6 nitrogen and oxygen atoms in total. The first-order valence-electron chi connectivity index (χ1n) is 7.77. The lowest BCUT2D eigenvalue weighted by atomic mass is 10.2. The molecule has 3 aromatic rings. The van der Waals surface area contributed by atoms with Crippen LogP contribution < -0.4 is 5.32 Å². The van der Waals surface area contributed by atoms with E-state index in [4.69, 9.17) is 16.3 Å². The Morgan fingerprint density at radius 1 is 1.28 bits per heavy atom. The predicted octanol–water partition coefficient (Wildman–Crippen LogP) is 3.79. The van der Waals surface area contributed by atoms with Crippen molar-refractivity contribution in [1.29, 1.82) is 0 Å². The van der Waals surface area contributed by atoms with Crippen molar-refractivity contribution in [1.82, 2.24) is 9.97 Å². The number of rotatable bonds is 5. The molecule has 0 aliphatic heterocycles. The fraction of sp³-hybridized carbons (Fsp3) is 0.167. The van der Waals surface area contributed by atoms with Crippen molar-refractivity contribution < 1.29 is 14.3 Å². The number of ether oxygens (including phenoxy) is 1. The Kier molecular flexibility index (Phi) is 5.00. The van der Waals surface area contributed by atoms with Gasteiger partial charge in [-0.25, -0.2) is 9.78 Å². The van der Waals surface area contributed by atoms with Gasteiger partial charge in [-0.15, -0.1) is 0 Å². The Hall–Kier alpha value is -2.86. The highest BCUT2D eigenvalue weighted by Crippen LogP contribution is 2.17. The standard InChI is InChI=1S/C18H16ClN3O3/c1-2-16(17(23)22-13-5-3-4-12(19)9-13)25-18(24)11-6-7-14-15(8-11)21-10-20-14/h3-10,16H,2H2,1H3,(H,20,21)(H,22,23). The van der Waals surface area contributed by atoms with Gasteiger partial charge >= 0.3 is 5.97 Å². The van der Waals surface area contributed by atoms with E-state index >= 15 is 0 Å². The molecule has 0 saturated carbocycles. The maximum absolute atomic E-state index is 12.3. The zero-order valence-corrected chi connectivity index (χ0v) is 14.2. The summed E-state index contributed by atoms with van der Waals surface area (Å²) in [6, 6.07) is 11.8. The number of carbonyl (C=O) groups is 2. The summed E-state index contributed by atoms with van der Waals surface area (Å²) in [7, 11) is 0. The number of amides is 1. The predicted molar refractivity (Wildman–Crippen MR) is 95.7 cm³/mol. The van der Waals surface area contributed by atoms with Crippen LogP contribution in [0.15, 0.2) is 48.8 Å². The zero-order valence-electron chi connectivity index (χ0n) is 13.5. The van der Waals surface area contributed by atoms with Crippen LogP contribution in [0.1, 0.15) is 23.7 Å². The lowest BCUT2D eigenvalue weighted by Crippen LogP contribution is -2.32.